The van der Waals surface area contributed by atoms with E-state index in [2.05, 4.69) is 4.72 Å². The Bertz CT molecular complexity index is 831. The van der Waals surface area contributed by atoms with E-state index in [0.29, 0.717) is 16.4 Å². The van der Waals surface area contributed by atoms with E-state index in [4.69, 9.17) is 0 Å². The molecule has 0 bridgehead atoms. The summed E-state index contributed by atoms with van der Waals surface area (Å²) in [6.45, 7) is 3.97. The van der Waals surface area contributed by atoms with Gasteiger partial charge in [-0.1, -0.05) is 25.8 Å². The predicted molar refractivity (Wildman–Crippen MR) is 91.8 cm³/mol. The minimum atomic E-state index is -3.76. The molecule has 1 fully saturated rings. The first kappa shape index (κ1) is 18.9. The molecule has 1 amide bonds. The number of nitrogens with one attached hydrogen (secondary N) is 1. The molecular formula is C15H22N2O5S2. The lowest BCUT2D eigenvalue weighted by atomic mass is 10.2. The smallest absolute Gasteiger partial charge is 0.242 e. The first-order valence-corrected chi connectivity index (χ1v) is 10.9. The fourth-order valence-corrected chi connectivity index (χ4v) is 5.32. The number of anilines is 1. The quantitative estimate of drug-likeness (QED) is 0.730. The molecule has 1 aromatic rings. The van der Waals surface area contributed by atoms with Gasteiger partial charge in [-0.3, -0.25) is 4.79 Å². The first-order chi connectivity index (χ1) is 11.2. The van der Waals surface area contributed by atoms with Crippen molar-refractivity contribution in [3.05, 3.63) is 23.8 Å². The Morgan fingerprint density at radius 1 is 1.25 bits per heavy atom. The van der Waals surface area contributed by atoms with Crippen LogP contribution >= 0.6 is 0 Å². The average molecular weight is 374 g/mol. The number of hydrogen-bond donors (Lipinski definition) is 1. The Labute approximate surface area is 143 Å². The van der Waals surface area contributed by atoms with E-state index in [0.717, 1.165) is 19.3 Å². The fraction of sp³-hybridized carbons (Fsp3) is 0.533. The van der Waals surface area contributed by atoms with Gasteiger partial charge in [-0.2, -0.15) is 0 Å². The molecule has 134 valence electrons. The predicted octanol–water partition coefficient (Wildman–Crippen LogP) is 1.53. The van der Waals surface area contributed by atoms with Gasteiger partial charge >= 0.3 is 0 Å². The SMILES string of the molecule is CCCCCNS(=O)(=O)c1cc(N2C(=O)CCS2(=O)=O)ccc1C. The van der Waals surface area contributed by atoms with E-state index in [1.54, 1.807) is 6.92 Å². The van der Waals surface area contributed by atoms with Crippen molar-refractivity contribution < 1.29 is 21.6 Å². The maximum atomic E-state index is 12.5. The molecule has 0 unspecified atom stereocenters. The Hall–Kier alpha value is -1.45. The van der Waals surface area contributed by atoms with E-state index in [1.807, 2.05) is 6.92 Å². The van der Waals surface area contributed by atoms with Gasteiger partial charge in [0.2, 0.25) is 26.0 Å². The molecule has 0 saturated carbocycles. The summed E-state index contributed by atoms with van der Waals surface area (Å²) in [5.74, 6) is -0.796. The molecule has 1 saturated heterocycles. The maximum Gasteiger partial charge on any atom is 0.242 e. The van der Waals surface area contributed by atoms with E-state index >= 15 is 0 Å². The van der Waals surface area contributed by atoms with Gasteiger partial charge in [0.25, 0.3) is 0 Å². The molecule has 7 nitrogen and oxygen atoms in total. The van der Waals surface area contributed by atoms with Crippen molar-refractivity contribution in [3.63, 3.8) is 0 Å². The van der Waals surface area contributed by atoms with Crippen LogP contribution in [0.15, 0.2) is 23.1 Å². The minimum Gasteiger partial charge on any atom is -0.273 e. The summed E-state index contributed by atoms with van der Waals surface area (Å²) in [4.78, 5) is 11.9. The highest BCUT2D eigenvalue weighted by Crippen LogP contribution is 2.28. The molecule has 2 rings (SSSR count). The van der Waals surface area contributed by atoms with Gasteiger partial charge in [0, 0.05) is 13.0 Å². The van der Waals surface area contributed by atoms with Crippen LogP contribution in [-0.4, -0.2) is 35.0 Å². The van der Waals surface area contributed by atoms with Gasteiger partial charge < -0.3 is 0 Å². The Morgan fingerprint density at radius 2 is 1.96 bits per heavy atom. The van der Waals surface area contributed by atoms with Crippen molar-refractivity contribution in [1.29, 1.82) is 0 Å². The summed E-state index contributed by atoms with van der Waals surface area (Å²) in [7, 11) is -7.48. The van der Waals surface area contributed by atoms with Crippen LogP contribution in [-0.2, 0) is 24.8 Å². The van der Waals surface area contributed by atoms with E-state index in [9.17, 15) is 21.6 Å². The van der Waals surface area contributed by atoms with Crippen molar-refractivity contribution in [2.45, 2.75) is 44.4 Å². The number of sulfonamides is 2. The summed E-state index contributed by atoms with van der Waals surface area (Å²) in [6.07, 6.45) is 2.54. The highest BCUT2D eigenvalue weighted by Gasteiger charge is 2.36. The van der Waals surface area contributed by atoms with Gasteiger partial charge in [0.1, 0.15) is 0 Å². The molecule has 9 heteroatoms. The van der Waals surface area contributed by atoms with Crippen LogP contribution in [0, 0.1) is 6.92 Å². The summed E-state index contributed by atoms with van der Waals surface area (Å²) in [5, 5.41) is 0. The third-order valence-corrected chi connectivity index (χ3v) is 7.14. The third-order valence-electron chi connectivity index (χ3n) is 3.85. The number of unbranched alkanes of at least 4 members (excludes halogenated alkanes) is 2. The monoisotopic (exact) mass is 374 g/mol. The summed E-state index contributed by atoms with van der Waals surface area (Å²) < 4.78 is 52.1. The van der Waals surface area contributed by atoms with Gasteiger partial charge in [-0.05, 0) is 31.0 Å². The second-order valence-electron chi connectivity index (χ2n) is 5.78. The second kappa shape index (κ2) is 7.20. The van der Waals surface area contributed by atoms with Crippen molar-refractivity contribution in [3.8, 4) is 0 Å². The molecule has 0 aliphatic carbocycles. The lowest BCUT2D eigenvalue weighted by Gasteiger charge is -2.17. The number of benzene rings is 1. The Kier molecular flexibility index (Phi) is 5.67. The topological polar surface area (TPSA) is 101 Å². The number of hydrogen-bond acceptors (Lipinski definition) is 5. The highest BCUT2D eigenvalue weighted by atomic mass is 32.2. The van der Waals surface area contributed by atoms with Crippen LogP contribution in [0.4, 0.5) is 5.69 Å². The number of rotatable bonds is 7. The summed E-state index contributed by atoms with van der Waals surface area (Å²) in [6, 6.07) is 4.21. The van der Waals surface area contributed by atoms with Crippen LogP contribution in [0.3, 0.4) is 0 Å². The number of aryl methyl sites for hydroxylation is 1. The average Bonchev–Trinajstić information content (AvgIpc) is 2.78. The molecule has 0 atom stereocenters. The van der Waals surface area contributed by atoms with Crippen molar-refractivity contribution >= 4 is 31.6 Å². The van der Waals surface area contributed by atoms with Crippen LogP contribution in [0.2, 0.25) is 0 Å². The molecule has 1 aromatic carbocycles. The zero-order valence-electron chi connectivity index (χ0n) is 13.8. The van der Waals surface area contributed by atoms with Crippen LogP contribution in [0.25, 0.3) is 0 Å². The lowest BCUT2D eigenvalue weighted by Crippen LogP contribution is -2.30. The summed E-state index contributed by atoms with van der Waals surface area (Å²) >= 11 is 0. The van der Waals surface area contributed by atoms with Crippen molar-refractivity contribution in [1.82, 2.24) is 4.72 Å². The number of nitrogens with zero attached hydrogens (tertiary/aromatic N) is 1. The second-order valence-corrected chi connectivity index (χ2v) is 9.45. The Morgan fingerprint density at radius 3 is 2.54 bits per heavy atom. The highest BCUT2D eigenvalue weighted by molar-refractivity contribution is 7.94. The number of amides is 1. The van der Waals surface area contributed by atoms with Crippen LogP contribution in [0.5, 0.6) is 0 Å². The molecule has 1 aliphatic heterocycles. The van der Waals surface area contributed by atoms with Crippen molar-refractivity contribution in [2.24, 2.45) is 0 Å². The van der Waals surface area contributed by atoms with Gasteiger partial charge in [0.15, 0.2) is 0 Å². The standard InChI is InChI=1S/C15H22N2O5S2/c1-3-4-5-9-16-24(21,22)14-11-13(7-6-12(14)2)17-15(18)8-10-23(17,19)20/h6-7,11,16H,3-5,8-10H2,1-2H3. The van der Waals surface area contributed by atoms with Gasteiger partial charge in [0.05, 0.1) is 16.3 Å². The molecule has 1 aliphatic rings. The van der Waals surface area contributed by atoms with Gasteiger partial charge in [-0.25, -0.2) is 25.9 Å². The van der Waals surface area contributed by atoms with E-state index in [-0.39, 0.29) is 22.8 Å². The van der Waals surface area contributed by atoms with E-state index in [1.165, 1.54) is 18.2 Å². The fourth-order valence-electron chi connectivity index (χ4n) is 2.53. The zero-order chi connectivity index (χ0) is 18.0. The molecule has 1 heterocycles. The number of carbonyl (C=O) groups is 1. The normalized spacial score (nSPS) is 17.4. The third kappa shape index (κ3) is 3.96. The lowest BCUT2D eigenvalue weighted by molar-refractivity contribution is -0.116. The van der Waals surface area contributed by atoms with Gasteiger partial charge in [-0.15, -0.1) is 0 Å². The molecule has 0 spiro atoms. The first-order valence-electron chi connectivity index (χ1n) is 7.85. The molecular weight excluding hydrogens is 352 g/mol. The zero-order valence-corrected chi connectivity index (χ0v) is 15.4. The molecule has 1 N–H and O–H groups in total. The maximum absolute atomic E-state index is 12.5. The van der Waals surface area contributed by atoms with Crippen LogP contribution in [0.1, 0.15) is 38.2 Å². The molecule has 0 radical (unpaired) electrons. The van der Waals surface area contributed by atoms with E-state index < -0.39 is 26.0 Å². The number of carbonyl (C=O) groups excluding carboxylic acids is 1. The minimum absolute atomic E-state index is 0.00796. The molecule has 24 heavy (non-hydrogen) atoms. The van der Waals surface area contributed by atoms with Crippen molar-refractivity contribution in [2.75, 3.05) is 16.6 Å². The summed E-state index contributed by atoms with van der Waals surface area (Å²) in [5.41, 5.74) is 0.558. The molecule has 0 aromatic heterocycles. The Balaban J connectivity index is 2.34. The van der Waals surface area contributed by atoms with Crippen LogP contribution < -0.4 is 9.03 Å². The largest absolute Gasteiger partial charge is 0.273 e.